The minimum Gasteiger partial charge on any atom is -0.348 e. The van der Waals surface area contributed by atoms with Crippen LogP contribution in [0.2, 0.25) is 10.0 Å². The number of hydrogen-bond donors (Lipinski definition) is 2. The van der Waals surface area contributed by atoms with Gasteiger partial charge in [0.15, 0.2) is 0 Å². The van der Waals surface area contributed by atoms with Crippen LogP contribution in [-0.2, 0) is 4.84 Å². The third kappa shape index (κ3) is 3.69. The van der Waals surface area contributed by atoms with Crippen molar-refractivity contribution >= 4 is 29.1 Å². The van der Waals surface area contributed by atoms with Gasteiger partial charge in [-0.25, -0.2) is 10.5 Å². The highest BCUT2D eigenvalue weighted by Crippen LogP contribution is 2.38. The zero-order chi connectivity index (χ0) is 17.8. The Labute approximate surface area is 154 Å². The lowest BCUT2D eigenvalue weighted by molar-refractivity contribution is 0.0537. The number of H-pyrrole nitrogens is 1. The highest BCUT2D eigenvalue weighted by atomic mass is 35.5. The van der Waals surface area contributed by atoms with E-state index >= 15 is 0 Å². The first-order valence-electron chi connectivity index (χ1n) is 7.47. The van der Waals surface area contributed by atoms with Gasteiger partial charge in [0.05, 0.1) is 29.4 Å². The number of nitrogens with zero attached hydrogens (tertiary/aromatic N) is 1. The maximum Gasteiger partial charge on any atom is 0.274 e. The second-order valence-electron chi connectivity index (χ2n) is 5.34. The fourth-order valence-corrected chi connectivity index (χ4v) is 3.12. The topological polar surface area (TPSA) is 67.0 Å². The highest BCUT2D eigenvalue weighted by molar-refractivity contribution is 6.42. The zero-order valence-corrected chi connectivity index (χ0v) is 14.8. The number of carbonyl (C=O) groups excluding carboxylic acids is 1. The Morgan fingerprint density at radius 3 is 2.76 bits per heavy atom. The molecule has 3 rings (SSSR count). The average Bonchev–Trinajstić information content (AvgIpc) is 3.14. The van der Waals surface area contributed by atoms with Gasteiger partial charge < -0.3 is 4.98 Å². The molecule has 7 heteroatoms. The smallest absolute Gasteiger partial charge is 0.274 e. The van der Waals surface area contributed by atoms with Crippen LogP contribution in [0.15, 0.2) is 55.0 Å². The lowest BCUT2D eigenvalue weighted by atomic mass is 9.88. The first kappa shape index (κ1) is 17.5. The molecule has 0 saturated heterocycles. The van der Waals surface area contributed by atoms with E-state index in [1.165, 1.54) is 7.11 Å². The fourth-order valence-electron chi connectivity index (χ4n) is 2.71. The predicted molar refractivity (Wildman–Crippen MR) is 96.9 cm³/mol. The SMILES string of the molecule is CONC(=O)c1cccc(C(c2cnc[nH]2)c2cccc(Cl)c2Cl)c1. The minimum absolute atomic E-state index is 0.246. The number of rotatable bonds is 5. The Bertz CT molecular complexity index is 882. The highest BCUT2D eigenvalue weighted by Gasteiger charge is 2.22. The van der Waals surface area contributed by atoms with Gasteiger partial charge in [0.25, 0.3) is 5.91 Å². The van der Waals surface area contributed by atoms with Crippen LogP contribution < -0.4 is 5.48 Å². The van der Waals surface area contributed by atoms with E-state index in [0.29, 0.717) is 15.6 Å². The standard InChI is InChI=1S/C18H15Cl2N3O2/c1-25-23-18(24)12-5-2-4-11(8-12)16(15-9-21-10-22-15)13-6-3-7-14(19)17(13)20/h2-10,16H,1H3,(H,21,22)(H,23,24). The van der Waals surface area contributed by atoms with Gasteiger partial charge in [-0.05, 0) is 29.3 Å². The lowest BCUT2D eigenvalue weighted by Crippen LogP contribution is -2.22. The molecule has 0 radical (unpaired) electrons. The Balaban J connectivity index is 2.12. The molecule has 128 valence electrons. The number of benzene rings is 2. The van der Waals surface area contributed by atoms with Crippen molar-refractivity contribution in [3.8, 4) is 0 Å². The van der Waals surface area contributed by atoms with Crippen molar-refractivity contribution in [1.29, 1.82) is 0 Å². The molecule has 1 atom stereocenters. The van der Waals surface area contributed by atoms with E-state index < -0.39 is 0 Å². The third-order valence-corrected chi connectivity index (χ3v) is 4.63. The average molecular weight is 376 g/mol. The summed E-state index contributed by atoms with van der Waals surface area (Å²) in [6.07, 6.45) is 3.33. The van der Waals surface area contributed by atoms with Crippen LogP contribution in [0.4, 0.5) is 0 Å². The van der Waals surface area contributed by atoms with Crippen LogP contribution in [-0.4, -0.2) is 23.0 Å². The molecule has 0 aliphatic rings. The van der Waals surface area contributed by atoms with Gasteiger partial charge in [-0.15, -0.1) is 0 Å². The van der Waals surface area contributed by atoms with E-state index in [1.54, 1.807) is 30.7 Å². The summed E-state index contributed by atoms with van der Waals surface area (Å²) in [6, 6.07) is 12.7. The summed E-state index contributed by atoms with van der Waals surface area (Å²) < 4.78 is 0. The van der Waals surface area contributed by atoms with E-state index in [4.69, 9.17) is 28.0 Å². The molecule has 25 heavy (non-hydrogen) atoms. The minimum atomic E-state index is -0.329. The monoisotopic (exact) mass is 375 g/mol. The molecule has 5 nitrogen and oxygen atoms in total. The van der Waals surface area contributed by atoms with Crippen molar-refractivity contribution < 1.29 is 9.63 Å². The Morgan fingerprint density at radius 1 is 1.24 bits per heavy atom. The van der Waals surface area contributed by atoms with E-state index in [9.17, 15) is 4.79 Å². The molecular weight excluding hydrogens is 361 g/mol. The van der Waals surface area contributed by atoms with Gasteiger partial charge in [0, 0.05) is 17.5 Å². The summed E-state index contributed by atoms with van der Waals surface area (Å²) in [7, 11) is 1.39. The second-order valence-corrected chi connectivity index (χ2v) is 6.13. The zero-order valence-electron chi connectivity index (χ0n) is 13.3. The summed E-state index contributed by atoms with van der Waals surface area (Å²) in [5, 5.41) is 0.937. The number of amides is 1. The van der Waals surface area contributed by atoms with Crippen LogP contribution in [0.5, 0.6) is 0 Å². The molecule has 1 amide bonds. The maximum absolute atomic E-state index is 12.1. The predicted octanol–water partition coefficient (Wildman–Crippen LogP) is 4.19. The molecule has 2 aromatic carbocycles. The molecule has 1 heterocycles. The molecule has 3 aromatic rings. The van der Waals surface area contributed by atoms with Crippen LogP contribution in [0, 0.1) is 0 Å². The summed E-state index contributed by atoms with van der Waals surface area (Å²) in [5.41, 5.74) is 5.33. The van der Waals surface area contributed by atoms with E-state index in [-0.39, 0.29) is 11.8 Å². The van der Waals surface area contributed by atoms with Gasteiger partial charge in [-0.3, -0.25) is 9.63 Å². The molecule has 2 N–H and O–H groups in total. The number of carbonyl (C=O) groups is 1. The maximum atomic E-state index is 12.1. The quantitative estimate of drug-likeness (QED) is 0.657. The second kappa shape index (κ2) is 7.70. The van der Waals surface area contributed by atoms with Crippen molar-refractivity contribution in [2.75, 3.05) is 7.11 Å². The molecule has 0 aliphatic heterocycles. The first-order chi connectivity index (χ1) is 12.1. The van der Waals surface area contributed by atoms with Gasteiger partial charge in [-0.2, -0.15) is 0 Å². The first-order valence-corrected chi connectivity index (χ1v) is 8.23. The third-order valence-electron chi connectivity index (χ3n) is 3.80. The number of hydroxylamine groups is 1. The van der Waals surface area contributed by atoms with Crippen molar-refractivity contribution in [1.82, 2.24) is 15.4 Å². The molecule has 0 bridgehead atoms. The van der Waals surface area contributed by atoms with E-state index in [2.05, 4.69) is 15.4 Å². The van der Waals surface area contributed by atoms with Crippen LogP contribution in [0.3, 0.4) is 0 Å². The number of aromatic amines is 1. The van der Waals surface area contributed by atoms with Crippen molar-refractivity contribution in [2.45, 2.75) is 5.92 Å². The van der Waals surface area contributed by atoms with Gasteiger partial charge >= 0.3 is 0 Å². The van der Waals surface area contributed by atoms with Gasteiger partial charge in [0.2, 0.25) is 0 Å². The number of halogens is 2. The van der Waals surface area contributed by atoms with Crippen LogP contribution >= 0.6 is 23.2 Å². The Morgan fingerprint density at radius 2 is 2.04 bits per heavy atom. The van der Waals surface area contributed by atoms with Crippen molar-refractivity contribution in [3.05, 3.63) is 87.4 Å². The molecule has 1 aromatic heterocycles. The summed E-state index contributed by atoms with van der Waals surface area (Å²) in [4.78, 5) is 24.0. The molecule has 1 unspecified atom stereocenters. The number of imidazole rings is 1. The molecular formula is C18H15Cl2N3O2. The Kier molecular flexibility index (Phi) is 5.38. The van der Waals surface area contributed by atoms with E-state index in [0.717, 1.165) is 16.8 Å². The summed E-state index contributed by atoms with van der Waals surface area (Å²) in [5.74, 6) is -0.575. The lowest BCUT2D eigenvalue weighted by Gasteiger charge is -2.19. The molecule has 0 fully saturated rings. The number of hydrogen-bond acceptors (Lipinski definition) is 3. The van der Waals surface area contributed by atoms with Crippen molar-refractivity contribution in [3.63, 3.8) is 0 Å². The van der Waals surface area contributed by atoms with Crippen LogP contribution in [0.25, 0.3) is 0 Å². The van der Waals surface area contributed by atoms with Gasteiger partial charge in [-0.1, -0.05) is 47.5 Å². The largest absolute Gasteiger partial charge is 0.348 e. The molecule has 0 spiro atoms. The number of aromatic nitrogens is 2. The van der Waals surface area contributed by atoms with Crippen LogP contribution in [0.1, 0.15) is 33.1 Å². The van der Waals surface area contributed by atoms with Crippen molar-refractivity contribution in [2.24, 2.45) is 0 Å². The molecule has 0 saturated carbocycles. The number of nitrogens with one attached hydrogen (secondary N) is 2. The van der Waals surface area contributed by atoms with E-state index in [1.807, 2.05) is 24.3 Å². The van der Waals surface area contributed by atoms with Gasteiger partial charge in [0.1, 0.15) is 0 Å². The Hall–Kier alpha value is -2.34. The summed E-state index contributed by atoms with van der Waals surface area (Å²) in [6.45, 7) is 0. The summed E-state index contributed by atoms with van der Waals surface area (Å²) >= 11 is 12.6. The molecule has 0 aliphatic carbocycles. The normalized spacial score (nSPS) is 12.0. The fraction of sp³-hybridized carbons (Fsp3) is 0.111.